The number of amides is 1. The average Bonchev–Trinajstić information content (AvgIpc) is 3.20. The highest BCUT2D eigenvalue weighted by molar-refractivity contribution is 6.31. The Morgan fingerprint density at radius 2 is 2.12 bits per heavy atom. The van der Waals surface area contributed by atoms with Crippen LogP contribution in [-0.4, -0.2) is 72.0 Å². The first-order chi connectivity index (χ1) is 16.4. The lowest BCUT2D eigenvalue weighted by Crippen LogP contribution is -2.41. The normalized spacial score (nSPS) is 17.7. The Kier molecular flexibility index (Phi) is 7.30. The van der Waals surface area contributed by atoms with Gasteiger partial charge < -0.3 is 29.5 Å². The second-order valence-corrected chi connectivity index (χ2v) is 8.24. The van der Waals surface area contributed by atoms with Crippen LogP contribution in [0.5, 0.6) is 11.5 Å². The van der Waals surface area contributed by atoms with Crippen molar-refractivity contribution in [2.45, 2.75) is 18.6 Å². The second kappa shape index (κ2) is 10.4. The highest BCUT2D eigenvalue weighted by atomic mass is 35.5. The van der Waals surface area contributed by atoms with E-state index in [1.54, 1.807) is 23.1 Å². The molecule has 2 heterocycles. The van der Waals surface area contributed by atoms with Gasteiger partial charge in [0.25, 0.3) is 0 Å². The van der Waals surface area contributed by atoms with Crippen LogP contribution in [0.2, 0.25) is 5.02 Å². The van der Waals surface area contributed by atoms with E-state index in [-0.39, 0.29) is 36.7 Å². The molecule has 1 fully saturated rings. The van der Waals surface area contributed by atoms with Crippen LogP contribution in [0.25, 0.3) is 10.9 Å². The lowest BCUT2D eigenvalue weighted by atomic mass is 10.1. The number of anilines is 2. The highest BCUT2D eigenvalue weighted by Gasteiger charge is 2.34. The molecule has 1 aliphatic heterocycles. The van der Waals surface area contributed by atoms with Gasteiger partial charge in [-0.25, -0.2) is 14.4 Å². The molecular formula is C23H24ClFN4O5. The number of nitrogens with zero attached hydrogens (tertiary/aromatic N) is 3. The summed E-state index contributed by atoms with van der Waals surface area (Å²) in [7, 11) is 2.98. The molecule has 4 rings (SSSR count). The Hall–Kier alpha value is -3.21. The summed E-state index contributed by atoms with van der Waals surface area (Å²) in [6, 6.07) is 7.34. The van der Waals surface area contributed by atoms with Gasteiger partial charge in [-0.2, -0.15) is 0 Å². The van der Waals surface area contributed by atoms with Crippen molar-refractivity contribution >= 4 is 39.9 Å². The van der Waals surface area contributed by atoms with E-state index in [1.165, 1.54) is 32.7 Å². The van der Waals surface area contributed by atoms with Crippen LogP contribution in [0.3, 0.4) is 0 Å². The summed E-state index contributed by atoms with van der Waals surface area (Å²) in [6.45, 7) is 0.273. The zero-order valence-electron chi connectivity index (χ0n) is 18.6. The molecule has 2 atom stereocenters. The molecule has 0 unspecified atom stereocenters. The molecule has 0 spiro atoms. The third-order valence-corrected chi connectivity index (χ3v) is 5.79. The zero-order valence-corrected chi connectivity index (χ0v) is 19.4. The fraction of sp³-hybridized carbons (Fsp3) is 0.348. The number of β-amino-alcohol motifs (C(OH)–C–C–N with tert-alkyl or cyclic N) is 1. The molecule has 11 heteroatoms. The molecule has 0 radical (unpaired) electrons. The first kappa shape index (κ1) is 23.9. The predicted molar refractivity (Wildman–Crippen MR) is 124 cm³/mol. The number of aromatic nitrogens is 2. The zero-order chi connectivity index (χ0) is 24.2. The van der Waals surface area contributed by atoms with Gasteiger partial charge in [0.2, 0.25) is 5.91 Å². The van der Waals surface area contributed by atoms with Gasteiger partial charge in [-0.3, -0.25) is 4.79 Å². The fourth-order valence-electron chi connectivity index (χ4n) is 3.91. The maximum absolute atomic E-state index is 13.6. The molecule has 1 aliphatic rings. The van der Waals surface area contributed by atoms with Crippen molar-refractivity contribution in [3.63, 3.8) is 0 Å². The number of fused-ring (bicyclic) bond motifs is 1. The summed E-state index contributed by atoms with van der Waals surface area (Å²) in [6.07, 6.45) is 1.13. The lowest BCUT2D eigenvalue weighted by molar-refractivity contribution is -0.136. The minimum atomic E-state index is -0.639. The molecule has 1 saturated heterocycles. The predicted octanol–water partition coefficient (Wildman–Crippen LogP) is 3.16. The topological polar surface area (TPSA) is 106 Å². The number of aliphatic hydroxyl groups excluding tert-OH is 1. The number of hydrogen-bond donors (Lipinski definition) is 2. The number of methoxy groups -OCH3 is 2. The third-order valence-electron chi connectivity index (χ3n) is 5.51. The summed E-state index contributed by atoms with van der Waals surface area (Å²) in [5.74, 6) is 0.618. The van der Waals surface area contributed by atoms with E-state index >= 15 is 0 Å². The van der Waals surface area contributed by atoms with Gasteiger partial charge in [0.05, 0.1) is 35.2 Å². The molecular weight excluding hydrogens is 467 g/mol. The van der Waals surface area contributed by atoms with Crippen molar-refractivity contribution in [1.29, 1.82) is 0 Å². The van der Waals surface area contributed by atoms with E-state index in [9.17, 15) is 14.3 Å². The van der Waals surface area contributed by atoms with Crippen molar-refractivity contribution in [3.05, 3.63) is 47.5 Å². The van der Waals surface area contributed by atoms with Gasteiger partial charge in [0.1, 0.15) is 42.7 Å². The van der Waals surface area contributed by atoms with E-state index in [4.69, 9.17) is 25.8 Å². The Labute approximate surface area is 200 Å². The number of nitrogens with one attached hydrogen (secondary N) is 1. The average molecular weight is 491 g/mol. The SMILES string of the molecule is COCC(=O)N1C[C@@H](O)C[C@@H]1COc1cc(OC)cc2ncnc(Nc3ccc(F)c(Cl)c3)c12. The lowest BCUT2D eigenvalue weighted by Gasteiger charge is -2.24. The largest absolute Gasteiger partial charge is 0.497 e. The monoisotopic (exact) mass is 490 g/mol. The summed E-state index contributed by atoms with van der Waals surface area (Å²) >= 11 is 5.91. The number of ether oxygens (including phenoxy) is 3. The minimum Gasteiger partial charge on any atom is -0.497 e. The van der Waals surface area contributed by atoms with Gasteiger partial charge in [-0.05, 0) is 24.6 Å². The summed E-state index contributed by atoms with van der Waals surface area (Å²) in [4.78, 5) is 22.6. The number of rotatable bonds is 8. The van der Waals surface area contributed by atoms with Crippen molar-refractivity contribution in [2.24, 2.45) is 0 Å². The van der Waals surface area contributed by atoms with E-state index in [1.807, 2.05) is 0 Å². The standard InChI is InChI=1S/C23H24ClFN4O5/c1-32-11-21(31)29-9-15(30)6-14(29)10-34-20-8-16(33-2)7-19-22(20)23(27-12-26-19)28-13-3-4-18(25)17(24)5-13/h3-5,7-8,12,14-15,30H,6,9-11H2,1-2H3,(H,26,27,28)/t14-,15+/m1/s1. The van der Waals surface area contributed by atoms with Gasteiger partial charge in [0.15, 0.2) is 0 Å². The fourth-order valence-corrected chi connectivity index (χ4v) is 4.09. The molecule has 0 saturated carbocycles. The molecule has 180 valence electrons. The summed E-state index contributed by atoms with van der Waals surface area (Å²) in [5.41, 5.74) is 1.09. The maximum atomic E-state index is 13.6. The van der Waals surface area contributed by atoms with Crippen molar-refractivity contribution in [3.8, 4) is 11.5 Å². The van der Waals surface area contributed by atoms with Crippen molar-refractivity contribution in [1.82, 2.24) is 14.9 Å². The molecule has 1 amide bonds. The van der Waals surface area contributed by atoms with E-state index in [0.717, 1.165) is 0 Å². The molecule has 2 aromatic carbocycles. The number of benzene rings is 2. The number of aliphatic hydroxyl groups is 1. The number of halogens is 2. The van der Waals surface area contributed by atoms with Crippen LogP contribution >= 0.6 is 11.6 Å². The van der Waals surface area contributed by atoms with E-state index < -0.39 is 11.9 Å². The molecule has 2 N–H and O–H groups in total. The van der Waals surface area contributed by atoms with Crippen LogP contribution in [0.15, 0.2) is 36.7 Å². The first-order valence-electron chi connectivity index (χ1n) is 10.5. The highest BCUT2D eigenvalue weighted by Crippen LogP contribution is 2.36. The molecule has 0 aliphatic carbocycles. The van der Waals surface area contributed by atoms with Gasteiger partial charge in [-0.15, -0.1) is 0 Å². The third kappa shape index (κ3) is 5.14. The molecule has 3 aromatic rings. The Bertz CT molecular complexity index is 1200. The maximum Gasteiger partial charge on any atom is 0.249 e. The van der Waals surface area contributed by atoms with Gasteiger partial charge in [0, 0.05) is 31.5 Å². The molecule has 1 aromatic heterocycles. The molecule has 9 nitrogen and oxygen atoms in total. The number of likely N-dealkylation sites (tertiary alicyclic amines) is 1. The molecule has 0 bridgehead atoms. The summed E-state index contributed by atoms with van der Waals surface area (Å²) in [5, 5.41) is 13.8. The van der Waals surface area contributed by atoms with Crippen molar-refractivity contribution in [2.75, 3.05) is 39.3 Å². The first-order valence-corrected chi connectivity index (χ1v) is 10.9. The van der Waals surface area contributed by atoms with Gasteiger partial charge in [-0.1, -0.05) is 11.6 Å². The van der Waals surface area contributed by atoms with Crippen LogP contribution in [0, 0.1) is 5.82 Å². The quantitative estimate of drug-likeness (QED) is 0.496. The van der Waals surface area contributed by atoms with Crippen LogP contribution in [0.4, 0.5) is 15.9 Å². The van der Waals surface area contributed by atoms with Crippen LogP contribution < -0.4 is 14.8 Å². The minimum absolute atomic E-state index is 0.0258. The number of carbonyl (C=O) groups excluding carboxylic acids is 1. The van der Waals surface area contributed by atoms with Crippen LogP contribution in [0.1, 0.15) is 6.42 Å². The van der Waals surface area contributed by atoms with Crippen molar-refractivity contribution < 1.29 is 28.5 Å². The Balaban J connectivity index is 1.65. The smallest absolute Gasteiger partial charge is 0.249 e. The van der Waals surface area contributed by atoms with E-state index in [2.05, 4.69) is 15.3 Å². The number of carbonyl (C=O) groups is 1. The van der Waals surface area contributed by atoms with Gasteiger partial charge >= 0.3 is 0 Å². The Morgan fingerprint density at radius 1 is 1.29 bits per heavy atom. The second-order valence-electron chi connectivity index (χ2n) is 7.83. The van der Waals surface area contributed by atoms with Crippen LogP contribution in [-0.2, 0) is 9.53 Å². The number of hydrogen-bond acceptors (Lipinski definition) is 8. The summed E-state index contributed by atoms with van der Waals surface area (Å²) < 4.78 is 30.1. The molecule has 34 heavy (non-hydrogen) atoms. The Morgan fingerprint density at radius 3 is 2.85 bits per heavy atom. The van der Waals surface area contributed by atoms with E-state index in [0.29, 0.717) is 40.3 Å².